The van der Waals surface area contributed by atoms with E-state index < -0.39 is 0 Å². The highest BCUT2D eigenvalue weighted by molar-refractivity contribution is 5.92. The Bertz CT molecular complexity index is 600. The van der Waals surface area contributed by atoms with Crippen molar-refractivity contribution in [2.45, 2.75) is 38.6 Å². The zero-order chi connectivity index (χ0) is 16.9. The molecule has 0 aliphatic carbocycles. The molecular formula is C17H25N5O2. The Hall–Kier alpha value is -2.31. The minimum Gasteiger partial charge on any atom is -0.355 e. The molecule has 2 saturated heterocycles. The molecule has 1 aromatic heterocycles. The summed E-state index contributed by atoms with van der Waals surface area (Å²) in [6.45, 7) is 4.73. The van der Waals surface area contributed by atoms with Crippen LogP contribution in [-0.4, -0.2) is 54.0 Å². The van der Waals surface area contributed by atoms with Crippen molar-refractivity contribution in [1.29, 1.82) is 0 Å². The van der Waals surface area contributed by atoms with Gasteiger partial charge in [0.1, 0.15) is 0 Å². The van der Waals surface area contributed by atoms with Crippen LogP contribution in [0.2, 0.25) is 0 Å². The second-order valence-corrected chi connectivity index (χ2v) is 6.48. The van der Waals surface area contributed by atoms with Crippen molar-refractivity contribution < 1.29 is 9.59 Å². The van der Waals surface area contributed by atoms with E-state index in [1.807, 2.05) is 12.1 Å². The molecule has 2 N–H and O–H groups in total. The van der Waals surface area contributed by atoms with Gasteiger partial charge in [-0.25, -0.2) is 9.78 Å². The number of pyridine rings is 1. The maximum Gasteiger partial charge on any atom is 0.322 e. The number of hydrogen-bond donors (Lipinski definition) is 2. The first-order valence-corrected chi connectivity index (χ1v) is 8.66. The smallest absolute Gasteiger partial charge is 0.322 e. The molecule has 2 aliphatic heterocycles. The van der Waals surface area contributed by atoms with Crippen LogP contribution in [0.25, 0.3) is 0 Å². The van der Waals surface area contributed by atoms with Crippen molar-refractivity contribution in [3.05, 3.63) is 18.3 Å². The van der Waals surface area contributed by atoms with E-state index in [2.05, 4.69) is 20.5 Å². The summed E-state index contributed by atoms with van der Waals surface area (Å²) in [7, 11) is 0. The molecule has 3 amide bonds. The average molecular weight is 331 g/mol. The van der Waals surface area contributed by atoms with Crippen LogP contribution in [0.4, 0.5) is 16.3 Å². The van der Waals surface area contributed by atoms with E-state index in [-0.39, 0.29) is 18.0 Å². The largest absolute Gasteiger partial charge is 0.355 e. The third-order valence-corrected chi connectivity index (χ3v) is 4.55. The summed E-state index contributed by atoms with van der Waals surface area (Å²) in [6, 6.07) is 3.65. The summed E-state index contributed by atoms with van der Waals surface area (Å²) in [5, 5.41) is 5.91. The highest BCUT2D eigenvalue weighted by atomic mass is 16.2. The molecule has 3 rings (SSSR count). The van der Waals surface area contributed by atoms with Gasteiger partial charge in [0, 0.05) is 45.3 Å². The minimum absolute atomic E-state index is 0.0361. The molecule has 0 radical (unpaired) electrons. The number of likely N-dealkylation sites (tertiary alicyclic amines) is 1. The lowest BCUT2D eigenvalue weighted by Crippen LogP contribution is -2.50. The lowest BCUT2D eigenvalue weighted by molar-refractivity contribution is -0.119. The van der Waals surface area contributed by atoms with E-state index >= 15 is 0 Å². The van der Waals surface area contributed by atoms with Gasteiger partial charge in [0.25, 0.3) is 0 Å². The molecule has 7 heteroatoms. The minimum atomic E-state index is -0.126. The van der Waals surface area contributed by atoms with Crippen molar-refractivity contribution in [1.82, 2.24) is 15.2 Å². The maximum atomic E-state index is 12.6. The first-order valence-electron chi connectivity index (χ1n) is 8.66. The van der Waals surface area contributed by atoms with Crippen LogP contribution in [0, 0.1) is 0 Å². The second kappa shape index (κ2) is 7.51. The summed E-state index contributed by atoms with van der Waals surface area (Å²) >= 11 is 0. The highest BCUT2D eigenvalue weighted by Crippen LogP contribution is 2.26. The summed E-state index contributed by atoms with van der Waals surface area (Å²) in [6.07, 6.45) is 5.89. The third-order valence-electron chi connectivity index (χ3n) is 4.55. The summed E-state index contributed by atoms with van der Waals surface area (Å²) in [5.41, 5.74) is 0.756. The molecule has 0 saturated carbocycles. The van der Waals surface area contributed by atoms with Gasteiger partial charge in [-0.1, -0.05) is 0 Å². The number of amides is 3. The zero-order valence-electron chi connectivity index (χ0n) is 14.1. The predicted molar refractivity (Wildman–Crippen MR) is 93.1 cm³/mol. The van der Waals surface area contributed by atoms with Crippen molar-refractivity contribution in [3.8, 4) is 0 Å². The normalized spacial score (nSPS) is 20.8. The van der Waals surface area contributed by atoms with Crippen LogP contribution in [-0.2, 0) is 4.79 Å². The van der Waals surface area contributed by atoms with E-state index in [9.17, 15) is 9.59 Å². The highest BCUT2D eigenvalue weighted by Gasteiger charge is 2.25. The van der Waals surface area contributed by atoms with Gasteiger partial charge >= 0.3 is 6.03 Å². The number of hydrogen-bond acceptors (Lipinski definition) is 4. The van der Waals surface area contributed by atoms with Crippen LogP contribution in [0.3, 0.4) is 0 Å². The Balaban J connectivity index is 1.65. The number of anilines is 2. The molecule has 7 nitrogen and oxygen atoms in total. The van der Waals surface area contributed by atoms with Crippen LogP contribution in [0.1, 0.15) is 32.6 Å². The molecular weight excluding hydrogens is 306 g/mol. The molecule has 2 aliphatic rings. The Morgan fingerprint density at radius 2 is 2.00 bits per heavy atom. The molecule has 3 heterocycles. The van der Waals surface area contributed by atoms with Gasteiger partial charge in [-0.15, -0.1) is 0 Å². The van der Waals surface area contributed by atoms with E-state index in [1.54, 1.807) is 11.1 Å². The fourth-order valence-electron chi connectivity index (χ4n) is 3.44. The molecule has 2 fully saturated rings. The maximum absolute atomic E-state index is 12.6. The number of piperidine rings is 1. The van der Waals surface area contributed by atoms with Crippen molar-refractivity contribution in [2.24, 2.45) is 0 Å². The monoisotopic (exact) mass is 331 g/mol. The quantitative estimate of drug-likeness (QED) is 0.885. The van der Waals surface area contributed by atoms with Crippen LogP contribution in [0.15, 0.2) is 18.3 Å². The van der Waals surface area contributed by atoms with Crippen molar-refractivity contribution in [3.63, 3.8) is 0 Å². The Morgan fingerprint density at radius 1 is 1.21 bits per heavy atom. The summed E-state index contributed by atoms with van der Waals surface area (Å²) in [4.78, 5) is 32.3. The van der Waals surface area contributed by atoms with Gasteiger partial charge in [-0.2, -0.15) is 0 Å². The number of rotatable bonds is 3. The summed E-state index contributed by atoms with van der Waals surface area (Å²) in [5.74, 6) is 0.796. The van der Waals surface area contributed by atoms with Gasteiger partial charge in [0.2, 0.25) is 5.91 Å². The SMILES string of the molecule is CC(=O)NC1CCCN(C(=O)Nc2cccnc2N2CCCC2)C1. The first-order chi connectivity index (χ1) is 11.6. The van der Waals surface area contributed by atoms with Gasteiger partial charge in [-0.05, 0) is 37.8 Å². The molecule has 1 atom stereocenters. The lowest BCUT2D eigenvalue weighted by Gasteiger charge is -2.33. The fourth-order valence-corrected chi connectivity index (χ4v) is 3.44. The van der Waals surface area contributed by atoms with E-state index in [0.717, 1.165) is 50.3 Å². The second-order valence-electron chi connectivity index (χ2n) is 6.48. The summed E-state index contributed by atoms with van der Waals surface area (Å²) < 4.78 is 0. The Morgan fingerprint density at radius 3 is 2.75 bits per heavy atom. The standard InChI is InChI=1S/C17H25N5O2/c1-13(23)19-14-6-5-11-22(12-14)17(24)20-15-7-4-8-18-16(15)21-9-2-3-10-21/h4,7-8,14H,2-3,5-6,9-12H2,1H3,(H,19,23)(H,20,24). The predicted octanol–water partition coefficient (Wildman–Crippen LogP) is 1.81. The van der Waals surface area contributed by atoms with Crippen LogP contribution < -0.4 is 15.5 Å². The number of urea groups is 1. The molecule has 24 heavy (non-hydrogen) atoms. The topological polar surface area (TPSA) is 77.6 Å². The molecule has 130 valence electrons. The fraction of sp³-hybridized carbons (Fsp3) is 0.588. The van der Waals surface area contributed by atoms with Gasteiger partial charge < -0.3 is 20.4 Å². The number of carbonyl (C=O) groups is 2. The van der Waals surface area contributed by atoms with Crippen LogP contribution in [0.5, 0.6) is 0 Å². The zero-order valence-corrected chi connectivity index (χ0v) is 14.1. The molecule has 1 aromatic rings. The van der Waals surface area contributed by atoms with Crippen molar-refractivity contribution >= 4 is 23.4 Å². The van der Waals surface area contributed by atoms with E-state index in [4.69, 9.17) is 0 Å². The van der Waals surface area contributed by atoms with Crippen molar-refractivity contribution in [2.75, 3.05) is 36.4 Å². The van der Waals surface area contributed by atoms with E-state index in [0.29, 0.717) is 13.1 Å². The van der Waals surface area contributed by atoms with E-state index in [1.165, 1.54) is 6.92 Å². The Kier molecular flexibility index (Phi) is 5.17. The lowest BCUT2D eigenvalue weighted by atomic mass is 10.1. The Labute approximate surface area is 142 Å². The number of carbonyl (C=O) groups excluding carboxylic acids is 2. The molecule has 0 bridgehead atoms. The van der Waals surface area contributed by atoms with Gasteiger partial charge in [0.05, 0.1) is 5.69 Å². The average Bonchev–Trinajstić information content (AvgIpc) is 3.09. The number of nitrogens with zero attached hydrogens (tertiary/aromatic N) is 3. The van der Waals surface area contributed by atoms with Gasteiger partial charge in [-0.3, -0.25) is 4.79 Å². The molecule has 0 spiro atoms. The molecule has 0 aromatic carbocycles. The van der Waals surface area contributed by atoms with Crippen LogP contribution >= 0.6 is 0 Å². The van der Waals surface area contributed by atoms with Gasteiger partial charge in [0.15, 0.2) is 5.82 Å². The third kappa shape index (κ3) is 3.96. The first kappa shape index (κ1) is 16.5. The number of nitrogens with one attached hydrogen (secondary N) is 2. The number of aromatic nitrogens is 1. The molecule has 1 unspecified atom stereocenters.